The lowest BCUT2D eigenvalue weighted by molar-refractivity contribution is 0.0916. The zero-order valence-electron chi connectivity index (χ0n) is 13.1. The van der Waals surface area contributed by atoms with Gasteiger partial charge < -0.3 is 14.4 Å². The fraction of sp³-hybridized carbons (Fsp3) is 0.333. The average Bonchev–Trinajstić information content (AvgIpc) is 3.10. The Morgan fingerprint density at radius 2 is 2.09 bits per heavy atom. The van der Waals surface area contributed by atoms with Crippen LogP contribution in [0.15, 0.2) is 48.7 Å². The van der Waals surface area contributed by atoms with Crippen LogP contribution in [-0.4, -0.2) is 29.6 Å². The fourth-order valence-electron chi connectivity index (χ4n) is 2.94. The molecule has 0 saturated carbocycles. The normalized spacial score (nSPS) is 17.1. The smallest absolute Gasteiger partial charge is 0.410 e. The third-order valence-electron chi connectivity index (χ3n) is 4.05. The molecule has 0 unspecified atom stereocenters. The number of carbonyl (C=O) groups is 1. The van der Waals surface area contributed by atoms with Crippen LogP contribution in [0.5, 0.6) is 5.88 Å². The molecule has 1 aromatic carbocycles. The molecule has 0 bridgehead atoms. The summed E-state index contributed by atoms with van der Waals surface area (Å²) in [6.07, 6.45) is 3.24. The first-order chi connectivity index (χ1) is 11.3. The number of benzene rings is 1. The lowest BCUT2D eigenvalue weighted by atomic mass is 10.1. The number of rotatable bonds is 4. The van der Waals surface area contributed by atoms with Gasteiger partial charge in [-0.1, -0.05) is 36.4 Å². The van der Waals surface area contributed by atoms with Crippen LogP contribution in [0.25, 0.3) is 0 Å². The van der Waals surface area contributed by atoms with Crippen LogP contribution >= 0.6 is 0 Å². The average molecular weight is 312 g/mol. The van der Waals surface area contributed by atoms with Gasteiger partial charge in [-0.25, -0.2) is 9.78 Å². The number of hydrogen-bond donors (Lipinski definition) is 0. The predicted octanol–water partition coefficient (Wildman–Crippen LogP) is 3.56. The van der Waals surface area contributed by atoms with Crippen molar-refractivity contribution in [2.75, 3.05) is 13.7 Å². The van der Waals surface area contributed by atoms with E-state index in [9.17, 15) is 4.79 Å². The van der Waals surface area contributed by atoms with Crippen molar-refractivity contribution in [3.05, 3.63) is 59.8 Å². The molecule has 23 heavy (non-hydrogen) atoms. The summed E-state index contributed by atoms with van der Waals surface area (Å²) >= 11 is 0. The van der Waals surface area contributed by atoms with Gasteiger partial charge in [0.2, 0.25) is 5.88 Å². The molecule has 1 aliphatic heterocycles. The molecule has 0 N–H and O–H groups in total. The molecule has 0 radical (unpaired) electrons. The minimum atomic E-state index is -0.290. The summed E-state index contributed by atoms with van der Waals surface area (Å²) in [5.74, 6) is 0.570. The van der Waals surface area contributed by atoms with E-state index in [0.29, 0.717) is 12.4 Å². The van der Waals surface area contributed by atoms with Crippen LogP contribution in [0, 0.1) is 0 Å². The second-order valence-corrected chi connectivity index (χ2v) is 5.49. The molecule has 1 aromatic heterocycles. The molecule has 1 aliphatic rings. The number of aromatic nitrogens is 1. The highest BCUT2D eigenvalue weighted by molar-refractivity contribution is 5.69. The topological polar surface area (TPSA) is 51.7 Å². The van der Waals surface area contributed by atoms with E-state index < -0.39 is 0 Å². The molecular weight excluding hydrogens is 292 g/mol. The molecule has 1 saturated heterocycles. The van der Waals surface area contributed by atoms with Gasteiger partial charge in [-0.2, -0.15) is 0 Å². The van der Waals surface area contributed by atoms with Gasteiger partial charge in [0.15, 0.2) is 0 Å². The van der Waals surface area contributed by atoms with Gasteiger partial charge in [0.25, 0.3) is 0 Å². The van der Waals surface area contributed by atoms with Gasteiger partial charge in [-0.05, 0) is 24.5 Å². The zero-order valence-corrected chi connectivity index (χ0v) is 13.1. The van der Waals surface area contributed by atoms with Crippen molar-refractivity contribution < 1.29 is 14.3 Å². The lowest BCUT2D eigenvalue weighted by Gasteiger charge is -2.25. The summed E-state index contributed by atoms with van der Waals surface area (Å²) in [7, 11) is 1.60. The Labute approximate surface area is 135 Å². The van der Waals surface area contributed by atoms with Crippen molar-refractivity contribution >= 4 is 6.09 Å². The number of methoxy groups -OCH3 is 1. The van der Waals surface area contributed by atoms with Crippen LogP contribution in [0.4, 0.5) is 4.79 Å². The standard InChI is InChI=1S/C18H20N2O3/c1-22-17-15(9-5-11-19-17)16-10-6-12-20(16)18(21)23-13-14-7-3-2-4-8-14/h2-5,7-9,11,16H,6,10,12-13H2,1H3/t16-/m1/s1. The molecule has 1 fully saturated rings. The summed E-state index contributed by atoms with van der Waals surface area (Å²) in [6, 6.07) is 13.5. The van der Waals surface area contributed by atoms with E-state index in [-0.39, 0.29) is 18.7 Å². The highest BCUT2D eigenvalue weighted by Gasteiger charge is 2.33. The quantitative estimate of drug-likeness (QED) is 0.866. The summed E-state index contributed by atoms with van der Waals surface area (Å²) in [4.78, 5) is 18.4. The van der Waals surface area contributed by atoms with Crippen LogP contribution in [0.2, 0.25) is 0 Å². The van der Waals surface area contributed by atoms with Gasteiger partial charge >= 0.3 is 6.09 Å². The van der Waals surface area contributed by atoms with Gasteiger partial charge in [0, 0.05) is 18.3 Å². The Bertz CT molecular complexity index is 660. The maximum absolute atomic E-state index is 12.4. The molecule has 3 rings (SSSR count). The summed E-state index contributed by atoms with van der Waals surface area (Å²) in [6.45, 7) is 0.976. The van der Waals surface area contributed by atoms with Crippen molar-refractivity contribution in [3.8, 4) is 5.88 Å². The van der Waals surface area contributed by atoms with E-state index in [1.165, 1.54) is 0 Å². The van der Waals surface area contributed by atoms with Crippen molar-refractivity contribution in [1.82, 2.24) is 9.88 Å². The van der Waals surface area contributed by atoms with Gasteiger partial charge in [0.05, 0.1) is 13.2 Å². The lowest BCUT2D eigenvalue weighted by Crippen LogP contribution is -2.31. The Hall–Kier alpha value is -2.56. The predicted molar refractivity (Wildman–Crippen MR) is 86.1 cm³/mol. The molecule has 2 heterocycles. The first-order valence-electron chi connectivity index (χ1n) is 7.76. The minimum Gasteiger partial charge on any atom is -0.481 e. The highest BCUT2D eigenvalue weighted by Crippen LogP contribution is 2.36. The van der Waals surface area contributed by atoms with Crippen molar-refractivity contribution in [2.24, 2.45) is 0 Å². The van der Waals surface area contributed by atoms with E-state index in [0.717, 1.165) is 24.0 Å². The molecule has 5 nitrogen and oxygen atoms in total. The molecule has 120 valence electrons. The molecule has 1 amide bonds. The third kappa shape index (κ3) is 3.44. The van der Waals surface area contributed by atoms with Crippen molar-refractivity contribution in [2.45, 2.75) is 25.5 Å². The van der Waals surface area contributed by atoms with E-state index in [1.54, 1.807) is 18.2 Å². The van der Waals surface area contributed by atoms with Crippen LogP contribution in [-0.2, 0) is 11.3 Å². The highest BCUT2D eigenvalue weighted by atomic mass is 16.6. The number of pyridine rings is 1. The monoisotopic (exact) mass is 312 g/mol. The Kier molecular flexibility index (Phi) is 4.76. The van der Waals surface area contributed by atoms with Crippen molar-refractivity contribution in [3.63, 3.8) is 0 Å². The van der Waals surface area contributed by atoms with Crippen molar-refractivity contribution in [1.29, 1.82) is 0 Å². The number of ether oxygens (including phenoxy) is 2. The summed E-state index contributed by atoms with van der Waals surface area (Å²) in [5, 5.41) is 0. The van der Waals surface area contributed by atoms with Gasteiger partial charge in [-0.3, -0.25) is 0 Å². The first kappa shape index (κ1) is 15.3. The molecule has 0 spiro atoms. The zero-order chi connectivity index (χ0) is 16.1. The number of nitrogens with zero attached hydrogens (tertiary/aromatic N) is 2. The summed E-state index contributed by atoms with van der Waals surface area (Å²) in [5.41, 5.74) is 1.92. The Balaban J connectivity index is 1.70. The number of amides is 1. The SMILES string of the molecule is COc1ncccc1[C@H]1CCCN1C(=O)OCc1ccccc1. The molecule has 0 aliphatic carbocycles. The van der Waals surface area contributed by atoms with Crippen LogP contribution in [0.1, 0.15) is 30.0 Å². The maximum Gasteiger partial charge on any atom is 0.410 e. The Morgan fingerprint density at radius 3 is 2.87 bits per heavy atom. The molecule has 5 heteroatoms. The maximum atomic E-state index is 12.4. The molecular formula is C18H20N2O3. The van der Waals surface area contributed by atoms with E-state index >= 15 is 0 Å². The second-order valence-electron chi connectivity index (χ2n) is 5.49. The van der Waals surface area contributed by atoms with Crippen LogP contribution < -0.4 is 4.74 Å². The van der Waals surface area contributed by atoms with E-state index in [4.69, 9.17) is 9.47 Å². The van der Waals surface area contributed by atoms with E-state index in [1.807, 2.05) is 42.5 Å². The Morgan fingerprint density at radius 1 is 1.26 bits per heavy atom. The first-order valence-corrected chi connectivity index (χ1v) is 7.76. The van der Waals surface area contributed by atoms with E-state index in [2.05, 4.69) is 4.98 Å². The number of carbonyl (C=O) groups excluding carboxylic acids is 1. The van der Waals surface area contributed by atoms with Gasteiger partial charge in [0.1, 0.15) is 6.61 Å². The molecule has 2 aromatic rings. The number of likely N-dealkylation sites (tertiary alicyclic amines) is 1. The van der Waals surface area contributed by atoms with Crippen LogP contribution in [0.3, 0.4) is 0 Å². The second kappa shape index (κ2) is 7.13. The number of hydrogen-bond acceptors (Lipinski definition) is 4. The fourth-order valence-corrected chi connectivity index (χ4v) is 2.94. The third-order valence-corrected chi connectivity index (χ3v) is 4.05. The van der Waals surface area contributed by atoms with Gasteiger partial charge in [-0.15, -0.1) is 0 Å². The minimum absolute atomic E-state index is 0.0399. The largest absolute Gasteiger partial charge is 0.481 e. The summed E-state index contributed by atoms with van der Waals surface area (Å²) < 4.78 is 10.8. The molecule has 1 atom stereocenters.